The third-order valence-electron chi connectivity index (χ3n) is 5.56. The first-order valence-corrected chi connectivity index (χ1v) is 6.65. The first-order valence-electron chi connectivity index (χ1n) is 6.65. The number of hydrogen-bond acceptors (Lipinski definition) is 2. The molecule has 2 bridgehead atoms. The highest BCUT2D eigenvalue weighted by atomic mass is 16.3. The number of aliphatic hydroxyl groups excluding tert-OH is 1. The Labute approximate surface area is 95.8 Å². The highest BCUT2D eigenvalue weighted by molar-refractivity contribution is 5.82. The predicted molar refractivity (Wildman–Crippen MR) is 58.5 cm³/mol. The number of carbonyl (C=O) groups excluding carboxylic acids is 1. The fourth-order valence-corrected chi connectivity index (χ4v) is 4.55. The van der Waals surface area contributed by atoms with Gasteiger partial charge in [0.1, 0.15) is 0 Å². The van der Waals surface area contributed by atoms with Crippen molar-refractivity contribution >= 4 is 5.91 Å². The van der Waals surface area contributed by atoms with Crippen LogP contribution in [0.2, 0.25) is 0 Å². The zero-order chi connectivity index (χ0) is 11.0. The van der Waals surface area contributed by atoms with Gasteiger partial charge >= 0.3 is 0 Å². The second-order valence-electron chi connectivity index (χ2n) is 6.45. The topological polar surface area (TPSA) is 40.5 Å². The molecule has 1 aliphatic heterocycles. The Morgan fingerprint density at radius 3 is 2.62 bits per heavy atom. The highest BCUT2D eigenvalue weighted by Crippen LogP contribution is 2.56. The van der Waals surface area contributed by atoms with Crippen LogP contribution in [0.3, 0.4) is 0 Å². The highest BCUT2D eigenvalue weighted by Gasteiger charge is 2.61. The molecule has 4 rings (SSSR count). The first kappa shape index (κ1) is 9.46. The number of amides is 1. The van der Waals surface area contributed by atoms with Gasteiger partial charge in [0.15, 0.2) is 0 Å². The summed E-state index contributed by atoms with van der Waals surface area (Å²) in [6, 6.07) is 0.184. The zero-order valence-electron chi connectivity index (χ0n) is 9.67. The number of likely N-dealkylation sites (tertiary alicyclic amines) is 1. The van der Waals surface area contributed by atoms with Crippen LogP contribution in [0, 0.1) is 29.6 Å². The zero-order valence-corrected chi connectivity index (χ0v) is 9.67. The maximum atomic E-state index is 12.3. The minimum atomic E-state index is -0.221. The standard InChI is InChI=1S/C13H19NO2/c1-6-2-9(6)13(16)14-5-8-3-7-4-10(8)11(14)12(7)15/h6-12,15H,2-5H2,1H3/t6-,7+,8+,9+,10-,11+,12-/m1/s1. The molecule has 0 unspecified atom stereocenters. The molecule has 16 heavy (non-hydrogen) atoms. The van der Waals surface area contributed by atoms with Gasteiger partial charge in [0.05, 0.1) is 12.1 Å². The molecule has 3 nitrogen and oxygen atoms in total. The van der Waals surface area contributed by atoms with Gasteiger partial charge in [-0.1, -0.05) is 6.92 Å². The average molecular weight is 221 g/mol. The molecular formula is C13H19NO2. The number of nitrogens with zero attached hydrogens (tertiary/aromatic N) is 1. The fourth-order valence-electron chi connectivity index (χ4n) is 4.55. The van der Waals surface area contributed by atoms with E-state index in [1.54, 1.807) is 0 Å². The lowest BCUT2D eigenvalue weighted by molar-refractivity contribution is -0.135. The smallest absolute Gasteiger partial charge is 0.226 e. The van der Waals surface area contributed by atoms with E-state index in [2.05, 4.69) is 6.92 Å². The average Bonchev–Trinajstić information content (AvgIpc) is 2.63. The molecule has 1 saturated heterocycles. The second kappa shape index (κ2) is 2.81. The van der Waals surface area contributed by atoms with Gasteiger partial charge in [0.25, 0.3) is 0 Å². The van der Waals surface area contributed by atoms with Gasteiger partial charge in [0, 0.05) is 12.5 Å². The van der Waals surface area contributed by atoms with Crippen LogP contribution in [0.25, 0.3) is 0 Å². The third-order valence-corrected chi connectivity index (χ3v) is 5.56. The summed E-state index contributed by atoms with van der Waals surface area (Å²) in [5, 5.41) is 10.2. The van der Waals surface area contributed by atoms with Crippen molar-refractivity contribution in [2.24, 2.45) is 29.6 Å². The molecule has 0 spiro atoms. The van der Waals surface area contributed by atoms with Gasteiger partial charge in [-0.2, -0.15) is 0 Å². The van der Waals surface area contributed by atoms with Crippen molar-refractivity contribution < 1.29 is 9.90 Å². The molecule has 0 aromatic heterocycles. The molecule has 7 atom stereocenters. The van der Waals surface area contributed by atoms with Crippen molar-refractivity contribution in [2.75, 3.05) is 6.54 Å². The molecule has 0 aromatic rings. The lowest BCUT2D eigenvalue weighted by Gasteiger charge is -2.29. The van der Waals surface area contributed by atoms with E-state index >= 15 is 0 Å². The number of aliphatic hydroxyl groups is 1. The van der Waals surface area contributed by atoms with Crippen LogP contribution in [-0.4, -0.2) is 34.6 Å². The predicted octanol–water partition coefficient (Wildman–Crippen LogP) is 0.870. The van der Waals surface area contributed by atoms with E-state index in [0.717, 1.165) is 19.4 Å². The van der Waals surface area contributed by atoms with Crippen molar-refractivity contribution in [3.63, 3.8) is 0 Å². The maximum Gasteiger partial charge on any atom is 0.226 e. The molecule has 3 saturated carbocycles. The van der Waals surface area contributed by atoms with Gasteiger partial charge < -0.3 is 10.0 Å². The summed E-state index contributed by atoms with van der Waals surface area (Å²) in [4.78, 5) is 14.3. The number of fused-ring (bicyclic) bond motifs is 1. The Hall–Kier alpha value is -0.570. The van der Waals surface area contributed by atoms with Gasteiger partial charge in [-0.25, -0.2) is 0 Å². The number of carbonyl (C=O) groups is 1. The van der Waals surface area contributed by atoms with E-state index in [4.69, 9.17) is 0 Å². The molecule has 1 amide bonds. The Balaban J connectivity index is 1.60. The van der Waals surface area contributed by atoms with Crippen LogP contribution in [-0.2, 0) is 4.79 Å². The quantitative estimate of drug-likeness (QED) is 0.713. The normalized spacial score (nSPS) is 57.1. The summed E-state index contributed by atoms with van der Waals surface area (Å²) in [6.07, 6.45) is 3.17. The van der Waals surface area contributed by atoms with E-state index in [9.17, 15) is 9.90 Å². The van der Waals surface area contributed by atoms with E-state index in [0.29, 0.717) is 29.6 Å². The minimum absolute atomic E-state index is 0.184. The maximum absolute atomic E-state index is 12.3. The monoisotopic (exact) mass is 221 g/mol. The molecular weight excluding hydrogens is 202 g/mol. The largest absolute Gasteiger partial charge is 0.391 e. The summed E-state index contributed by atoms with van der Waals surface area (Å²) in [6.45, 7) is 3.09. The minimum Gasteiger partial charge on any atom is -0.391 e. The Morgan fingerprint density at radius 2 is 2.00 bits per heavy atom. The SMILES string of the molecule is C[C@@H]1C[C@@H]1C(=O)N1C[C@@H]2C[C@H]3C[C@H]2[C@H]1[C@@H]3O. The molecule has 1 heterocycles. The Kier molecular flexibility index (Phi) is 1.66. The van der Waals surface area contributed by atoms with Crippen LogP contribution in [0.15, 0.2) is 0 Å². The van der Waals surface area contributed by atoms with E-state index in [1.165, 1.54) is 6.42 Å². The number of hydrogen-bond donors (Lipinski definition) is 1. The molecule has 4 aliphatic rings. The van der Waals surface area contributed by atoms with E-state index in [-0.39, 0.29) is 18.1 Å². The summed E-state index contributed by atoms with van der Waals surface area (Å²) >= 11 is 0. The first-order chi connectivity index (χ1) is 7.66. The van der Waals surface area contributed by atoms with Gasteiger partial charge in [-0.15, -0.1) is 0 Å². The van der Waals surface area contributed by atoms with Crippen molar-refractivity contribution in [2.45, 2.75) is 38.3 Å². The van der Waals surface area contributed by atoms with Crippen molar-refractivity contribution in [1.82, 2.24) is 4.90 Å². The van der Waals surface area contributed by atoms with Crippen molar-refractivity contribution in [3.05, 3.63) is 0 Å². The summed E-state index contributed by atoms with van der Waals surface area (Å²) in [5.74, 6) is 3.03. The molecule has 0 aromatic carbocycles. The second-order valence-corrected chi connectivity index (χ2v) is 6.45. The summed E-state index contributed by atoms with van der Waals surface area (Å²) in [7, 11) is 0. The third kappa shape index (κ3) is 1.01. The Bertz CT molecular complexity index is 354. The van der Waals surface area contributed by atoms with Crippen LogP contribution >= 0.6 is 0 Å². The van der Waals surface area contributed by atoms with E-state index in [1.807, 2.05) is 4.90 Å². The van der Waals surface area contributed by atoms with Gasteiger partial charge in [0.2, 0.25) is 5.91 Å². The van der Waals surface area contributed by atoms with Gasteiger partial charge in [-0.05, 0) is 42.9 Å². The Morgan fingerprint density at radius 1 is 1.25 bits per heavy atom. The van der Waals surface area contributed by atoms with Crippen LogP contribution in [0.5, 0.6) is 0 Å². The number of rotatable bonds is 1. The van der Waals surface area contributed by atoms with Crippen molar-refractivity contribution in [1.29, 1.82) is 0 Å². The van der Waals surface area contributed by atoms with E-state index < -0.39 is 0 Å². The van der Waals surface area contributed by atoms with Gasteiger partial charge in [-0.3, -0.25) is 4.79 Å². The molecule has 0 radical (unpaired) electrons. The molecule has 3 heteroatoms. The summed E-state index contributed by atoms with van der Waals surface area (Å²) < 4.78 is 0. The molecule has 3 aliphatic carbocycles. The van der Waals surface area contributed by atoms with Crippen molar-refractivity contribution in [3.8, 4) is 0 Å². The summed E-state index contributed by atoms with van der Waals surface area (Å²) in [5.41, 5.74) is 0. The molecule has 1 N–H and O–H groups in total. The lowest BCUT2D eigenvalue weighted by atomic mass is 9.88. The van der Waals surface area contributed by atoms with Crippen LogP contribution in [0.4, 0.5) is 0 Å². The fraction of sp³-hybridized carbons (Fsp3) is 0.923. The van der Waals surface area contributed by atoms with Crippen LogP contribution in [0.1, 0.15) is 26.2 Å². The molecule has 4 fully saturated rings. The molecule has 88 valence electrons. The van der Waals surface area contributed by atoms with Crippen LogP contribution < -0.4 is 0 Å². The lowest BCUT2D eigenvalue weighted by Crippen LogP contribution is -2.44.